The quantitative estimate of drug-likeness (QED) is 0.0904. The van der Waals surface area contributed by atoms with Crippen molar-refractivity contribution in [1.29, 1.82) is 0 Å². The second kappa shape index (κ2) is 38.7. The topological polar surface area (TPSA) is 74.7 Å². The molecule has 0 bridgehead atoms. The van der Waals surface area contributed by atoms with Crippen molar-refractivity contribution in [3.05, 3.63) is 562 Å². The normalized spacial score (nSPS) is 11.3. The fourth-order valence-electron chi connectivity index (χ4n) is 21.7. The molecule has 0 aliphatic carbocycles. The van der Waals surface area contributed by atoms with Crippen LogP contribution in [-0.4, -0.2) is 33.2 Å². The van der Waals surface area contributed by atoms with Crippen molar-refractivity contribution < 1.29 is 0 Å². The van der Waals surface area contributed by atoms with E-state index in [1.807, 2.05) is 139 Å². The number of fused-ring (bicyclic) bond motifs is 16. The maximum Gasteiger partial charge on any atom is 0.194 e. The van der Waals surface area contributed by atoms with Crippen LogP contribution in [0.1, 0.15) is 0 Å². The van der Waals surface area contributed by atoms with Crippen LogP contribution in [0.2, 0.25) is 0 Å². The molecular formula is C138H87N11S. The Bertz CT molecular complexity index is 10200. The number of hydrogen-bond donors (Lipinski definition) is 0. The molecule has 8 heterocycles. The van der Waals surface area contributed by atoms with Crippen LogP contribution in [0.25, 0.3) is 246 Å². The van der Waals surface area contributed by atoms with Crippen LogP contribution < -0.4 is 4.90 Å². The SMILES string of the molecule is [C-]#[N+]c1ccccc1-c1cc(-c2cccc(-c3ccccc3)n2)cc(-n2c3ccccc3c3cc(-n4c5ccccc5c5ccccc54)ccc32)c1.[C-]#[N+]c1ccccc1-c1cc(-c2cccc(-c3ccccc3)n2)cc(-n2c3ccccc3c3cc(N(c4ccccc4)c4ccccc4)ccc32)c1.[C-]#[N+]c1ccccc1-c1cc(-c2cccc(-c3ccccc3)n2)cc(-n2c3ccccc3c3ccc4c5ccccc5sc4c32)c1. The van der Waals surface area contributed by atoms with Gasteiger partial charge in [0.2, 0.25) is 0 Å². The minimum absolute atomic E-state index is 0.616. The highest BCUT2D eigenvalue weighted by atomic mass is 32.1. The van der Waals surface area contributed by atoms with Gasteiger partial charge in [-0.05, 0) is 221 Å². The van der Waals surface area contributed by atoms with E-state index >= 15 is 0 Å². The Hall–Kier alpha value is -20.5. The molecule has 0 radical (unpaired) electrons. The summed E-state index contributed by atoms with van der Waals surface area (Å²) in [4.78, 5) is 29.4. The third-order valence-corrected chi connectivity index (χ3v) is 29.7. The number of benzene rings is 20. The second-order valence-corrected chi connectivity index (χ2v) is 38.3. The van der Waals surface area contributed by atoms with Crippen molar-refractivity contribution in [3.8, 4) is 124 Å². The van der Waals surface area contributed by atoms with Gasteiger partial charge >= 0.3 is 0 Å². The van der Waals surface area contributed by atoms with Crippen LogP contribution in [0.3, 0.4) is 0 Å². The lowest BCUT2D eigenvalue weighted by Gasteiger charge is -2.25. The van der Waals surface area contributed by atoms with E-state index in [-0.39, 0.29) is 0 Å². The van der Waals surface area contributed by atoms with Gasteiger partial charge in [0.1, 0.15) is 0 Å². The van der Waals surface area contributed by atoms with E-state index in [0.717, 1.165) is 179 Å². The monoisotopic (exact) mass is 1930 g/mol. The number of rotatable bonds is 16. The molecule has 0 spiro atoms. The van der Waals surface area contributed by atoms with Crippen LogP contribution in [0.4, 0.5) is 34.1 Å². The van der Waals surface area contributed by atoms with E-state index in [0.29, 0.717) is 17.1 Å². The smallest absolute Gasteiger partial charge is 0.194 e. The summed E-state index contributed by atoms with van der Waals surface area (Å²) in [6, 6.07) is 184. The number of nitrogens with zero attached hydrogens (tertiary/aromatic N) is 11. The largest absolute Gasteiger partial charge is 0.310 e. The van der Waals surface area contributed by atoms with Crippen molar-refractivity contribution in [3.63, 3.8) is 0 Å². The van der Waals surface area contributed by atoms with E-state index in [1.54, 1.807) is 0 Å². The molecule has 0 amide bonds. The first-order valence-corrected chi connectivity index (χ1v) is 50.8. The maximum atomic E-state index is 7.97. The summed E-state index contributed by atoms with van der Waals surface area (Å²) in [6.07, 6.45) is 0. The van der Waals surface area contributed by atoms with Gasteiger partial charge in [-0.15, -0.1) is 11.3 Å². The summed E-state index contributed by atoms with van der Waals surface area (Å²) >= 11 is 1.85. The van der Waals surface area contributed by atoms with Gasteiger partial charge in [-0.3, -0.25) is 0 Å². The Morgan fingerprint density at radius 2 is 0.480 bits per heavy atom. The van der Waals surface area contributed by atoms with Crippen LogP contribution in [0.15, 0.2) is 528 Å². The number of para-hydroxylation sites is 10. The van der Waals surface area contributed by atoms with Gasteiger partial charge in [-0.25, -0.2) is 29.5 Å². The van der Waals surface area contributed by atoms with Crippen LogP contribution in [0, 0.1) is 19.7 Å². The summed E-state index contributed by atoms with van der Waals surface area (Å²) in [5.74, 6) is 0. The molecule has 0 saturated carbocycles. The Morgan fingerprint density at radius 1 is 0.187 bits per heavy atom. The first-order chi connectivity index (χ1) is 74.3. The lowest BCUT2D eigenvalue weighted by Crippen LogP contribution is -2.09. The third-order valence-electron chi connectivity index (χ3n) is 28.5. The molecule has 28 rings (SSSR count). The fraction of sp³-hybridized carbons (Fsp3) is 0. The van der Waals surface area contributed by atoms with Gasteiger partial charge in [-0.2, -0.15) is 0 Å². The Kier molecular flexibility index (Phi) is 23.1. The molecular weight excluding hydrogens is 1840 g/mol. The van der Waals surface area contributed by atoms with E-state index < -0.39 is 0 Å². The molecule has 12 heteroatoms. The van der Waals surface area contributed by atoms with E-state index in [9.17, 15) is 0 Å². The van der Waals surface area contributed by atoms with Crippen molar-refractivity contribution in [2.24, 2.45) is 0 Å². The minimum Gasteiger partial charge on any atom is -0.310 e. The maximum absolute atomic E-state index is 7.97. The molecule has 0 aliphatic rings. The zero-order valence-electron chi connectivity index (χ0n) is 81.1. The molecule has 0 unspecified atom stereocenters. The molecule has 150 heavy (non-hydrogen) atoms. The molecule has 8 aromatic heterocycles. The average Bonchev–Trinajstić information content (AvgIpc) is 1.56. The van der Waals surface area contributed by atoms with Crippen molar-refractivity contribution in [1.82, 2.24) is 33.2 Å². The highest BCUT2D eigenvalue weighted by Crippen LogP contribution is 2.49. The van der Waals surface area contributed by atoms with E-state index in [4.69, 9.17) is 34.7 Å². The Labute approximate surface area is 870 Å². The molecule has 0 aliphatic heterocycles. The van der Waals surface area contributed by atoms with Crippen molar-refractivity contribution in [2.75, 3.05) is 4.90 Å². The molecule has 0 saturated heterocycles. The predicted molar refractivity (Wildman–Crippen MR) is 625 cm³/mol. The third kappa shape index (κ3) is 16.3. The highest BCUT2D eigenvalue weighted by molar-refractivity contribution is 7.26. The standard InChI is InChI=1S/C48H30N4.C48H32N4.C42H25N3S/c1-49-44-20-9-5-16-37(44)33-28-34(43-22-13-21-42(50-43)32-14-3-2-4-15-32)30-36(29-33)52-47-25-12-8-19-40(47)41-31-35(26-27-48(41)52)51-45-23-10-6-17-38(45)39-18-7-11-24-46(39)51;1-49-46-24-13-11-22-41(46)35-30-36(45-26-15-25-44(50-45)34-16-5-2-6-17-34)32-40(31-35)52-47-27-14-12-23-42(47)43-33-39(28-29-48(43)52)51(37-18-7-3-8-19-37)38-20-9-4-10-21-38;1-43-38-17-8-5-14-31(38)28-24-29(37-19-11-18-36(44-37)27-12-3-2-4-13-27)26-30(25-28)45-39-20-9-6-15-32(39)34-22-23-35-33-16-7-10-21-40(33)46-42(35)41(34)45/h2-31H;2-33H;2-26H. The number of hydrogen-bond acceptors (Lipinski definition) is 5. The zero-order chi connectivity index (χ0) is 100. The average molecular weight is 1930 g/mol. The van der Waals surface area contributed by atoms with Crippen molar-refractivity contribution >= 4 is 153 Å². The lowest BCUT2D eigenvalue weighted by atomic mass is 9.98. The summed E-state index contributed by atoms with van der Waals surface area (Å²) in [6.45, 7) is 23.9. The molecule has 28 aromatic rings. The molecule has 20 aromatic carbocycles. The Balaban J connectivity index is 0.000000114. The molecule has 700 valence electrons. The van der Waals surface area contributed by atoms with Gasteiger partial charge in [0, 0.05) is 132 Å². The number of thiophene rings is 1. The van der Waals surface area contributed by atoms with Crippen LogP contribution in [-0.2, 0) is 0 Å². The summed E-state index contributed by atoms with van der Waals surface area (Å²) < 4.78 is 12.0. The minimum atomic E-state index is 0.616. The second-order valence-electron chi connectivity index (χ2n) is 37.3. The van der Waals surface area contributed by atoms with Gasteiger partial charge in [0.15, 0.2) is 17.1 Å². The lowest BCUT2D eigenvalue weighted by molar-refractivity contribution is 1.16. The summed E-state index contributed by atoms with van der Waals surface area (Å²) in [7, 11) is 0. The van der Waals surface area contributed by atoms with Gasteiger partial charge < -0.3 is 23.2 Å². The van der Waals surface area contributed by atoms with E-state index in [1.165, 1.54) is 69.0 Å². The first-order valence-electron chi connectivity index (χ1n) is 50.0. The number of pyridine rings is 3. The fourth-order valence-corrected chi connectivity index (χ4v) is 23.0. The number of anilines is 3. The van der Waals surface area contributed by atoms with Crippen LogP contribution >= 0.6 is 11.3 Å². The summed E-state index contributed by atoms with van der Waals surface area (Å²) in [5.41, 5.74) is 35.6. The van der Waals surface area contributed by atoms with Gasteiger partial charge in [0.25, 0.3) is 0 Å². The van der Waals surface area contributed by atoms with E-state index in [2.05, 4.69) is 438 Å². The Morgan fingerprint density at radius 3 is 0.887 bits per heavy atom. The van der Waals surface area contributed by atoms with Gasteiger partial charge in [0.05, 0.1) is 103 Å². The predicted octanol–water partition coefficient (Wildman–Crippen LogP) is 38.1. The van der Waals surface area contributed by atoms with Crippen molar-refractivity contribution in [2.45, 2.75) is 0 Å². The molecule has 0 N–H and O–H groups in total. The van der Waals surface area contributed by atoms with Gasteiger partial charge in [-0.1, -0.05) is 340 Å². The first kappa shape index (κ1) is 89.6. The molecule has 11 nitrogen and oxygen atoms in total. The number of aromatic nitrogens is 7. The zero-order valence-corrected chi connectivity index (χ0v) is 81.9. The molecule has 0 atom stereocenters. The van der Waals surface area contributed by atoms with Crippen LogP contribution in [0.5, 0.6) is 0 Å². The highest BCUT2D eigenvalue weighted by Gasteiger charge is 2.26. The molecule has 0 fully saturated rings. The summed E-state index contributed by atoms with van der Waals surface area (Å²) in [5, 5.41) is 12.2.